The molecule has 4 rings (SSSR count). The van der Waals surface area contributed by atoms with Crippen LogP contribution in [0.2, 0.25) is 0 Å². The predicted molar refractivity (Wildman–Crippen MR) is 93.6 cm³/mol. The summed E-state index contributed by atoms with van der Waals surface area (Å²) >= 11 is 0. The van der Waals surface area contributed by atoms with E-state index in [0.29, 0.717) is 0 Å². The molecule has 4 aromatic rings. The number of aromatic amines is 1. The third-order valence-electron chi connectivity index (χ3n) is 3.76. The molecule has 25 heavy (non-hydrogen) atoms. The van der Waals surface area contributed by atoms with E-state index in [9.17, 15) is 17.3 Å². The maximum absolute atomic E-state index is 9.75. The van der Waals surface area contributed by atoms with Gasteiger partial charge in [0.15, 0.2) is 6.20 Å². The zero-order valence-electron chi connectivity index (χ0n) is 13.1. The van der Waals surface area contributed by atoms with E-state index in [0.717, 1.165) is 0 Å². The molecular weight excluding hydrogens is 329 g/mol. The first-order chi connectivity index (χ1) is 11.9. The molecule has 6 heteroatoms. The summed E-state index contributed by atoms with van der Waals surface area (Å²) in [6.07, 6.45) is 1.99. The number of benzene rings is 3. The number of nitrogens with one attached hydrogen (secondary N) is 1. The summed E-state index contributed by atoms with van der Waals surface area (Å²) in [6.45, 7) is 0. The summed E-state index contributed by atoms with van der Waals surface area (Å²) in [7, 11) is -6.00. The van der Waals surface area contributed by atoms with Crippen molar-refractivity contribution in [2.45, 2.75) is 0 Å². The highest BCUT2D eigenvalue weighted by atomic mass is 19.5. The minimum atomic E-state index is -6.00. The van der Waals surface area contributed by atoms with Crippen molar-refractivity contribution in [2.75, 3.05) is 0 Å². The quantitative estimate of drug-likeness (QED) is 0.237. The fourth-order valence-electron chi connectivity index (χ4n) is 2.83. The van der Waals surface area contributed by atoms with Gasteiger partial charge in [-0.2, -0.15) is 0 Å². The van der Waals surface area contributed by atoms with Crippen LogP contribution in [-0.4, -0.2) is 7.25 Å². The topological polar surface area (TPSA) is 14.1 Å². The molecule has 0 spiro atoms. The van der Waals surface area contributed by atoms with Gasteiger partial charge in [-0.1, -0.05) is 54.6 Å². The molecule has 0 fully saturated rings. The lowest BCUT2D eigenvalue weighted by Gasteiger charge is -2.07. The van der Waals surface area contributed by atoms with Crippen LogP contribution in [0.15, 0.2) is 79.0 Å². The van der Waals surface area contributed by atoms with Gasteiger partial charge in [0.05, 0.1) is 5.39 Å². The van der Waals surface area contributed by atoms with Crippen molar-refractivity contribution >= 4 is 28.9 Å². The molecule has 3 aromatic carbocycles. The summed E-state index contributed by atoms with van der Waals surface area (Å²) in [4.78, 5) is 3.40. The summed E-state index contributed by atoms with van der Waals surface area (Å²) in [5.74, 6) is 0. The first-order valence-corrected chi connectivity index (χ1v) is 7.68. The Morgan fingerprint density at radius 3 is 2.00 bits per heavy atom. The monoisotopic (exact) mass is 343 g/mol. The highest BCUT2D eigenvalue weighted by Gasteiger charge is 2.20. The average molecular weight is 343 g/mol. The molecule has 1 aromatic heterocycles. The van der Waals surface area contributed by atoms with Crippen molar-refractivity contribution in [1.82, 2.24) is 0 Å². The number of pyridine rings is 1. The maximum Gasteiger partial charge on any atom is 0.673 e. The second kappa shape index (κ2) is 6.93. The number of hydrogen-bond acceptors (Lipinski definition) is 0. The molecule has 0 aliphatic rings. The number of rotatable bonds is 1. The summed E-state index contributed by atoms with van der Waals surface area (Å²) in [5, 5.41) is 3.79. The molecule has 1 N–H and O–H groups in total. The summed E-state index contributed by atoms with van der Waals surface area (Å²) < 4.78 is 39.0. The van der Waals surface area contributed by atoms with Crippen LogP contribution in [0.1, 0.15) is 0 Å². The zero-order valence-corrected chi connectivity index (χ0v) is 13.1. The molecule has 126 valence electrons. The van der Waals surface area contributed by atoms with Gasteiger partial charge in [0, 0.05) is 11.5 Å². The average Bonchev–Trinajstić information content (AvgIpc) is 2.60. The second-order valence-corrected chi connectivity index (χ2v) is 5.46. The minimum absolute atomic E-state index is 1.20. The van der Waals surface area contributed by atoms with E-state index < -0.39 is 7.25 Å². The van der Waals surface area contributed by atoms with Gasteiger partial charge < -0.3 is 17.3 Å². The minimum Gasteiger partial charge on any atom is -0.418 e. The van der Waals surface area contributed by atoms with Gasteiger partial charge in [-0.25, -0.2) is 4.98 Å². The molecule has 0 bridgehead atoms. The van der Waals surface area contributed by atoms with Crippen molar-refractivity contribution in [3.63, 3.8) is 0 Å². The van der Waals surface area contributed by atoms with Crippen molar-refractivity contribution in [3.8, 4) is 11.1 Å². The van der Waals surface area contributed by atoms with Gasteiger partial charge in [-0.15, -0.1) is 0 Å². The van der Waals surface area contributed by atoms with E-state index in [2.05, 4.69) is 71.7 Å². The molecule has 0 amide bonds. The van der Waals surface area contributed by atoms with Gasteiger partial charge in [0.25, 0.3) is 0 Å². The fourth-order valence-corrected chi connectivity index (χ4v) is 2.83. The van der Waals surface area contributed by atoms with Gasteiger partial charge >= 0.3 is 7.25 Å². The van der Waals surface area contributed by atoms with E-state index in [-0.39, 0.29) is 0 Å². The Morgan fingerprint density at radius 1 is 0.640 bits per heavy atom. The van der Waals surface area contributed by atoms with Crippen LogP contribution < -0.4 is 4.98 Å². The lowest BCUT2D eigenvalue weighted by molar-refractivity contribution is -0.343. The van der Waals surface area contributed by atoms with Gasteiger partial charge in [-0.05, 0) is 28.6 Å². The lowest BCUT2D eigenvalue weighted by atomic mass is 9.96. The highest BCUT2D eigenvalue weighted by molar-refractivity contribution is 6.50. The third kappa shape index (κ3) is 4.15. The Morgan fingerprint density at radius 2 is 1.28 bits per heavy atom. The predicted octanol–water partition coefficient (Wildman–Crippen LogP) is 5.77. The highest BCUT2D eigenvalue weighted by Crippen LogP contribution is 2.32. The standard InChI is InChI=1S/C19H13N.BF4/c1-2-6-14(7-3-1)17-10-4-8-15-11-12-16-9-5-13-20-19(16)18(15)17;2-1(3,4)5/h1-13H;/q;-1/p+1. The van der Waals surface area contributed by atoms with Gasteiger partial charge in [-0.3, -0.25) is 0 Å². The molecule has 0 saturated carbocycles. The Balaban J connectivity index is 0.000000324. The summed E-state index contributed by atoms with van der Waals surface area (Å²) in [5.41, 5.74) is 3.73. The number of fused-ring (bicyclic) bond motifs is 3. The Kier molecular flexibility index (Phi) is 4.70. The molecule has 1 heterocycles. The number of hydrogen-bond donors (Lipinski definition) is 0. The SMILES string of the molecule is F[B-](F)(F)F.c1ccc(-c2cccc3ccc4ccc[nH+]c4c23)cc1. The smallest absolute Gasteiger partial charge is 0.418 e. The van der Waals surface area contributed by atoms with Crippen LogP contribution in [0.4, 0.5) is 17.3 Å². The molecule has 0 atom stereocenters. The van der Waals surface area contributed by atoms with Crippen LogP contribution in [0, 0.1) is 0 Å². The van der Waals surface area contributed by atoms with E-state index in [1.165, 1.54) is 32.8 Å². The maximum atomic E-state index is 9.75. The number of aromatic nitrogens is 1. The first kappa shape index (κ1) is 17.0. The van der Waals surface area contributed by atoms with Crippen molar-refractivity contribution in [1.29, 1.82) is 0 Å². The van der Waals surface area contributed by atoms with Crippen molar-refractivity contribution in [3.05, 3.63) is 79.0 Å². The number of H-pyrrole nitrogens is 1. The van der Waals surface area contributed by atoms with E-state index in [1.54, 1.807) is 0 Å². The molecule has 0 aliphatic carbocycles. The van der Waals surface area contributed by atoms with E-state index in [4.69, 9.17) is 0 Å². The largest absolute Gasteiger partial charge is 0.673 e. The summed E-state index contributed by atoms with van der Waals surface area (Å²) in [6, 6.07) is 25.6. The second-order valence-electron chi connectivity index (χ2n) is 5.46. The van der Waals surface area contributed by atoms with Crippen molar-refractivity contribution < 1.29 is 22.2 Å². The van der Waals surface area contributed by atoms with Crippen LogP contribution in [0.3, 0.4) is 0 Å². The van der Waals surface area contributed by atoms with Crippen LogP contribution in [-0.2, 0) is 0 Å². The zero-order chi connectivity index (χ0) is 17.9. The normalized spacial score (nSPS) is 11.2. The first-order valence-electron chi connectivity index (χ1n) is 7.68. The van der Waals surface area contributed by atoms with Crippen molar-refractivity contribution in [2.24, 2.45) is 0 Å². The molecular formula is C19H14BF4N. The molecule has 1 nitrogen and oxygen atoms in total. The third-order valence-corrected chi connectivity index (χ3v) is 3.76. The fraction of sp³-hybridized carbons (Fsp3) is 0. The van der Waals surface area contributed by atoms with Gasteiger partial charge in [0.1, 0.15) is 0 Å². The Hall–Kier alpha value is -2.89. The van der Waals surface area contributed by atoms with E-state index in [1.807, 2.05) is 12.3 Å². The molecule has 0 aliphatic heterocycles. The van der Waals surface area contributed by atoms with Crippen LogP contribution in [0.5, 0.6) is 0 Å². The van der Waals surface area contributed by atoms with Crippen LogP contribution >= 0.6 is 0 Å². The number of halogens is 4. The molecule has 0 saturated heterocycles. The Bertz CT molecular complexity index is 994. The Labute approximate surface area is 142 Å². The molecule has 0 radical (unpaired) electrons. The molecule has 0 unspecified atom stereocenters. The van der Waals surface area contributed by atoms with E-state index >= 15 is 0 Å². The van der Waals surface area contributed by atoms with Gasteiger partial charge in [0.2, 0.25) is 5.52 Å². The lowest BCUT2D eigenvalue weighted by Crippen LogP contribution is -2.02. The van der Waals surface area contributed by atoms with Crippen LogP contribution in [0.25, 0.3) is 32.8 Å².